The largest absolute Gasteiger partial charge is 2.00 e. The fourth-order valence-electron chi connectivity index (χ4n) is 0.992. The molecule has 0 aromatic heterocycles. The minimum Gasteiger partial charge on any atom is -1.00 e. The van der Waals surface area contributed by atoms with Crippen LogP contribution in [0.4, 0.5) is 10.5 Å². The summed E-state index contributed by atoms with van der Waals surface area (Å²) in [7, 11) is 0. The van der Waals surface area contributed by atoms with Crippen molar-refractivity contribution in [2.24, 2.45) is 5.16 Å². The average Bonchev–Trinajstić information content (AvgIpc) is 2.30. The molecule has 0 fully saturated rings. The Morgan fingerprint density at radius 3 is 2.35 bits per heavy atom. The summed E-state index contributed by atoms with van der Waals surface area (Å²) in [5, 5.41) is 6.07. The van der Waals surface area contributed by atoms with E-state index in [0.717, 1.165) is 5.56 Å². The smallest absolute Gasteiger partial charge is 1.00 e. The summed E-state index contributed by atoms with van der Waals surface area (Å²) in [6, 6.07) is 7.28. The molecule has 20 heavy (non-hydrogen) atoms. The molecule has 0 aliphatic carbocycles. The number of benzene rings is 1. The molecule has 1 amide bonds. The SMILES string of the molecule is Cc1ccc(NC(=O)O/N=C(/Cl)CCCl)cc1.[Ca+2].[Cl-].[Cl-]. The minimum absolute atomic E-state index is 0. The molecule has 0 aliphatic heterocycles. The van der Waals surface area contributed by atoms with Crippen LogP contribution in [0.15, 0.2) is 29.4 Å². The summed E-state index contributed by atoms with van der Waals surface area (Å²) in [6.45, 7) is 1.96. The quantitative estimate of drug-likeness (QED) is 0.202. The van der Waals surface area contributed by atoms with Crippen molar-refractivity contribution < 1.29 is 34.4 Å². The Morgan fingerprint density at radius 2 is 1.85 bits per heavy atom. The predicted octanol–water partition coefficient (Wildman–Crippen LogP) is -2.65. The third-order valence-corrected chi connectivity index (χ3v) is 2.27. The Hall–Kier alpha value is 0.580. The number of amides is 1. The molecule has 0 radical (unpaired) electrons. The number of carbonyl (C=O) groups excluding carboxylic acids is 1. The van der Waals surface area contributed by atoms with Gasteiger partial charge < -0.3 is 24.8 Å². The second kappa shape index (κ2) is 14.5. The van der Waals surface area contributed by atoms with E-state index in [2.05, 4.69) is 15.3 Å². The first kappa shape index (κ1) is 25.5. The van der Waals surface area contributed by atoms with Gasteiger partial charge >= 0.3 is 43.8 Å². The molecular formula is C11H12CaCl4N2O2. The van der Waals surface area contributed by atoms with Crippen molar-refractivity contribution in [3.8, 4) is 0 Å². The normalized spacial score (nSPS) is 9.45. The first-order chi connectivity index (χ1) is 8.11. The zero-order valence-electron chi connectivity index (χ0n) is 10.7. The van der Waals surface area contributed by atoms with E-state index in [4.69, 9.17) is 23.2 Å². The van der Waals surface area contributed by atoms with E-state index in [1.165, 1.54) is 0 Å². The number of hydrogen-bond acceptors (Lipinski definition) is 3. The second-order valence-corrected chi connectivity index (χ2v) is 4.09. The van der Waals surface area contributed by atoms with Crippen LogP contribution < -0.4 is 30.1 Å². The fourth-order valence-corrected chi connectivity index (χ4v) is 1.40. The Labute approximate surface area is 170 Å². The van der Waals surface area contributed by atoms with Gasteiger partial charge in [0, 0.05) is 18.0 Å². The van der Waals surface area contributed by atoms with Gasteiger partial charge in [0.1, 0.15) is 5.17 Å². The van der Waals surface area contributed by atoms with Gasteiger partial charge in [0.2, 0.25) is 0 Å². The van der Waals surface area contributed by atoms with Crippen LogP contribution in [0.1, 0.15) is 12.0 Å². The van der Waals surface area contributed by atoms with Crippen molar-refractivity contribution in [1.29, 1.82) is 0 Å². The van der Waals surface area contributed by atoms with E-state index in [1.54, 1.807) is 12.1 Å². The summed E-state index contributed by atoms with van der Waals surface area (Å²) in [4.78, 5) is 15.8. The zero-order chi connectivity index (χ0) is 12.7. The first-order valence-electron chi connectivity index (χ1n) is 4.95. The molecular weight excluding hydrogens is 374 g/mol. The van der Waals surface area contributed by atoms with Crippen LogP contribution in [-0.4, -0.2) is 54.9 Å². The number of nitrogens with zero attached hydrogens (tertiary/aromatic N) is 1. The van der Waals surface area contributed by atoms with Gasteiger partial charge in [0.25, 0.3) is 0 Å². The predicted molar refractivity (Wildman–Crippen MR) is 75.7 cm³/mol. The molecule has 0 heterocycles. The van der Waals surface area contributed by atoms with Crippen molar-refractivity contribution in [3.63, 3.8) is 0 Å². The summed E-state index contributed by atoms with van der Waals surface area (Å²) >= 11 is 11.0. The Morgan fingerprint density at radius 1 is 1.30 bits per heavy atom. The molecule has 0 unspecified atom stereocenters. The van der Waals surface area contributed by atoms with Crippen LogP contribution in [0.3, 0.4) is 0 Å². The monoisotopic (exact) mass is 384 g/mol. The number of anilines is 1. The van der Waals surface area contributed by atoms with Crippen LogP contribution in [0, 0.1) is 6.92 Å². The summed E-state index contributed by atoms with van der Waals surface area (Å²) in [5.41, 5.74) is 1.73. The van der Waals surface area contributed by atoms with Gasteiger partial charge in [-0.05, 0) is 19.1 Å². The van der Waals surface area contributed by atoms with Crippen molar-refractivity contribution in [2.75, 3.05) is 11.2 Å². The molecule has 1 rings (SSSR count). The number of rotatable bonds is 4. The number of aryl methyl sites for hydroxylation is 1. The van der Waals surface area contributed by atoms with Crippen LogP contribution >= 0.6 is 23.2 Å². The zero-order valence-corrected chi connectivity index (χ0v) is 15.9. The van der Waals surface area contributed by atoms with Crippen molar-refractivity contribution in [1.82, 2.24) is 0 Å². The first-order valence-corrected chi connectivity index (χ1v) is 5.86. The number of carbonyl (C=O) groups is 1. The van der Waals surface area contributed by atoms with Gasteiger partial charge in [0.15, 0.2) is 0 Å². The van der Waals surface area contributed by atoms with E-state index in [9.17, 15) is 4.79 Å². The van der Waals surface area contributed by atoms with Gasteiger partial charge in [-0.3, -0.25) is 10.2 Å². The molecule has 0 saturated heterocycles. The molecule has 0 atom stereocenters. The van der Waals surface area contributed by atoms with Crippen molar-refractivity contribution in [2.45, 2.75) is 13.3 Å². The van der Waals surface area contributed by atoms with Crippen LogP contribution in [0.2, 0.25) is 0 Å². The number of hydrogen-bond donors (Lipinski definition) is 1. The summed E-state index contributed by atoms with van der Waals surface area (Å²) < 4.78 is 0. The Balaban J connectivity index is -0.000000963. The molecule has 0 aliphatic rings. The third-order valence-electron chi connectivity index (χ3n) is 1.83. The minimum atomic E-state index is -0.693. The molecule has 1 aromatic carbocycles. The molecule has 1 N–H and O–H groups in total. The summed E-state index contributed by atoms with van der Waals surface area (Å²) in [6.07, 6.45) is -0.331. The third kappa shape index (κ3) is 11.3. The molecule has 0 spiro atoms. The van der Waals surface area contributed by atoms with Gasteiger partial charge in [0.05, 0.1) is 0 Å². The van der Waals surface area contributed by atoms with E-state index in [-0.39, 0.29) is 67.7 Å². The van der Waals surface area contributed by atoms with E-state index in [1.807, 2.05) is 19.1 Å². The molecule has 1 aromatic rings. The average molecular weight is 386 g/mol. The maximum atomic E-state index is 11.3. The Kier molecular flexibility index (Phi) is 18.5. The maximum absolute atomic E-state index is 11.3. The number of nitrogens with one attached hydrogen (secondary N) is 1. The molecule has 0 saturated carbocycles. The van der Waals surface area contributed by atoms with Crippen molar-refractivity contribution in [3.05, 3.63) is 29.8 Å². The van der Waals surface area contributed by atoms with Crippen molar-refractivity contribution >= 4 is 77.9 Å². The van der Waals surface area contributed by atoms with Gasteiger partial charge in [-0.15, -0.1) is 11.6 Å². The topological polar surface area (TPSA) is 50.7 Å². The molecule has 108 valence electrons. The van der Waals surface area contributed by atoms with Crippen LogP contribution in [0.5, 0.6) is 0 Å². The van der Waals surface area contributed by atoms with Crippen LogP contribution in [0.25, 0.3) is 0 Å². The molecule has 9 heteroatoms. The van der Waals surface area contributed by atoms with E-state index < -0.39 is 6.09 Å². The maximum Gasteiger partial charge on any atom is 2.00 e. The van der Waals surface area contributed by atoms with E-state index >= 15 is 0 Å². The summed E-state index contributed by atoms with van der Waals surface area (Å²) in [5.74, 6) is 0.325. The number of halogens is 4. The van der Waals surface area contributed by atoms with Gasteiger partial charge in [-0.25, -0.2) is 4.79 Å². The molecule has 4 nitrogen and oxygen atoms in total. The second-order valence-electron chi connectivity index (χ2n) is 3.28. The van der Waals surface area contributed by atoms with Gasteiger partial charge in [-0.1, -0.05) is 34.5 Å². The number of oxime groups is 1. The van der Waals surface area contributed by atoms with Gasteiger partial charge in [-0.2, -0.15) is 0 Å². The standard InChI is InChI=1S/C11H12Cl2N2O2.Ca.2ClH/c1-8-2-4-9(5-3-8)14-11(16)17-15-10(13)6-7-12;;;/h2-5H,6-7H2,1H3,(H,14,16);;2*1H/q;+2;;/p-2/b15-10+;;;. The van der Waals surface area contributed by atoms with E-state index in [0.29, 0.717) is 18.0 Å². The van der Waals surface area contributed by atoms with Crippen LogP contribution in [-0.2, 0) is 4.84 Å². The Bertz CT molecular complexity index is 415. The fraction of sp³-hybridized carbons (Fsp3) is 0.273. The number of alkyl halides is 1. The molecule has 0 bridgehead atoms.